The van der Waals surface area contributed by atoms with Crippen LogP contribution >= 0.6 is 0 Å². The maximum Gasteiger partial charge on any atom is 0.174 e. The first-order valence-electron chi connectivity index (χ1n) is 5.02. The number of hydrogen-bond donors (Lipinski definition) is 0. The summed E-state index contributed by atoms with van der Waals surface area (Å²) in [6.07, 6.45) is 2.53. The minimum atomic E-state index is 0.664. The number of aliphatic imine (C=N–C) groups is 1. The molecule has 0 radical (unpaired) electrons. The standard InChI is InChI=1S/C12H17NO/c1-4-11-8-6-7-10(3)12(11)13-9-14-5-2/h6-9H,4-5H2,1-3H3/b13-9-. The molecule has 0 saturated carbocycles. The summed E-state index contributed by atoms with van der Waals surface area (Å²) in [7, 11) is 0. The number of ether oxygens (including phenoxy) is 1. The highest BCUT2D eigenvalue weighted by molar-refractivity contribution is 5.61. The Morgan fingerprint density at radius 2 is 2.14 bits per heavy atom. The Balaban J connectivity index is 2.93. The second kappa shape index (κ2) is 5.43. The molecule has 0 saturated heterocycles. The summed E-state index contributed by atoms with van der Waals surface area (Å²) >= 11 is 0. The molecule has 0 heterocycles. The molecule has 0 spiro atoms. The molecule has 0 N–H and O–H groups in total. The second-order valence-electron chi connectivity index (χ2n) is 3.13. The van der Waals surface area contributed by atoms with Gasteiger partial charge in [-0.15, -0.1) is 0 Å². The van der Waals surface area contributed by atoms with Crippen molar-refractivity contribution in [1.82, 2.24) is 0 Å². The summed E-state index contributed by atoms with van der Waals surface area (Å²) in [6.45, 7) is 6.81. The zero-order valence-corrected chi connectivity index (χ0v) is 9.08. The Morgan fingerprint density at radius 3 is 2.79 bits per heavy atom. The largest absolute Gasteiger partial charge is 0.483 e. The van der Waals surface area contributed by atoms with Gasteiger partial charge in [0.15, 0.2) is 6.40 Å². The lowest BCUT2D eigenvalue weighted by Crippen LogP contribution is -1.88. The maximum atomic E-state index is 5.10. The van der Waals surface area contributed by atoms with E-state index in [-0.39, 0.29) is 0 Å². The van der Waals surface area contributed by atoms with Crippen LogP contribution in [-0.2, 0) is 11.2 Å². The molecule has 0 aliphatic carbocycles. The van der Waals surface area contributed by atoms with Crippen molar-refractivity contribution in [3.63, 3.8) is 0 Å². The van der Waals surface area contributed by atoms with Gasteiger partial charge in [0.1, 0.15) is 0 Å². The van der Waals surface area contributed by atoms with E-state index in [0.717, 1.165) is 12.1 Å². The van der Waals surface area contributed by atoms with Crippen LogP contribution in [0.3, 0.4) is 0 Å². The van der Waals surface area contributed by atoms with Gasteiger partial charge in [-0.3, -0.25) is 0 Å². The summed E-state index contributed by atoms with van der Waals surface area (Å²) in [6, 6.07) is 6.23. The van der Waals surface area contributed by atoms with Crippen LogP contribution in [0.2, 0.25) is 0 Å². The third kappa shape index (κ3) is 2.59. The van der Waals surface area contributed by atoms with E-state index in [0.29, 0.717) is 6.61 Å². The predicted octanol–water partition coefficient (Wildman–Crippen LogP) is 3.25. The van der Waals surface area contributed by atoms with Crippen molar-refractivity contribution in [2.45, 2.75) is 27.2 Å². The number of rotatable bonds is 4. The van der Waals surface area contributed by atoms with E-state index >= 15 is 0 Å². The summed E-state index contributed by atoms with van der Waals surface area (Å²) in [5.74, 6) is 0. The monoisotopic (exact) mass is 191 g/mol. The Kier molecular flexibility index (Phi) is 4.17. The van der Waals surface area contributed by atoms with E-state index in [2.05, 4.69) is 37.0 Å². The van der Waals surface area contributed by atoms with Crippen LogP contribution in [-0.4, -0.2) is 13.0 Å². The van der Waals surface area contributed by atoms with Gasteiger partial charge in [-0.1, -0.05) is 25.1 Å². The van der Waals surface area contributed by atoms with E-state index < -0.39 is 0 Å². The number of benzene rings is 1. The average molecular weight is 191 g/mol. The van der Waals surface area contributed by atoms with Crippen molar-refractivity contribution in [3.05, 3.63) is 29.3 Å². The minimum Gasteiger partial charge on any atom is -0.483 e. The van der Waals surface area contributed by atoms with Gasteiger partial charge in [-0.05, 0) is 31.4 Å². The first kappa shape index (κ1) is 10.8. The molecular formula is C12H17NO. The highest BCUT2D eigenvalue weighted by atomic mass is 16.5. The van der Waals surface area contributed by atoms with Gasteiger partial charge < -0.3 is 4.74 Å². The van der Waals surface area contributed by atoms with Crippen LogP contribution in [0.25, 0.3) is 0 Å². The lowest BCUT2D eigenvalue weighted by molar-refractivity contribution is 0.344. The fourth-order valence-electron chi connectivity index (χ4n) is 1.35. The molecule has 0 aromatic heterocycles. The Hall–Kier alpha value is -1.31. The highest BCUT2D eigenvalue weighted by Gasteiger charge is 2.00. The molecule has 14 heavy (non-hydrogen) atoms. The molecule has 76 valence electrons. The van der Waals surface area contributed by atoms with Gasteiger partial charge in [0.25, 0.3) is 0 Å². The fourth-order valence-corrected chi connectivity index (χ4v) is 1.35. The van der Waals surface area contributed by atoms with Gasteiger partial charge in [0.2, 0.25) is 0 Å². The van der Waals surface area contributed by atoms with Gasteiger partial charge in [0, 0.05) is 0 Å². The SMILES string of the molecule is CCO/C=N\c1c(C)cccc1CC. The smallest absolute Gasteiger partial charge is 0.174 e. The molecule has 1 rings (SSSR count). The molecule has 2 nitrogen and oxygen atoms in total. The van der Waals surface area contributed by atoms with Crippen LogP contribution in [0.5, 0.6) is 0 Å². The van der Waals surface area contributed by atoms with E-state index in [9.17, 15) is 0 Å². The van der Waals surface area contributed by atoms with Gasteiger partial charge >= 0.3 is 0 Å². The van der Waals surface area contributed by atoms with Crippen molar-refractivity contribution in [3.8, 4) is 0 Å². The molecule has 2 heteroatoms. The van der Waals surface area contributed by atoms with E-state index in [1.54, 1.807) is 0 Å². The minimum absolute atomic E-state index is 0.664. The number of hydrogen-bond acceptors (Lipinski definition) is 2. The molecule has 0 aliphatic rings. The molecule has 0 atom stereocenters. The second-order valence-corrected chi connectivity index (χ2v) is 3.13. The van der Waals surface area contributed by atoms with Crippen molar-refractivity contribution in [2.75, 3.05) is 6.61 Å². The zero-order valence-electron chi connectivity index (χ0n) is 9.08. The Bertz CT molecular complexity index is 318. The summed E-state index contributed by atoms with van der Waals surface area (Å²) in [4.78, 5) is 4.32. The van der Waals surface area contributed by atoms with Gasteiger partial charge in [0.05, 0.1) is 12.3 Å². The lowest BCUT2D eigenvalue weighted by atomic mass is 10.1. The Morgan fingerprint density at radius 1 is 1.36 bits per heavy atom. The number of para-hydroxylation sites is 1. The van der Waals surface area contributed by atoms with Gasteiger partial charge in [-0.25, -0.2) is 4.99 Å². The zero-order chi connectivity index (χ0) is 10.4. The topological polar surface area (TPSA) is 21.6 Å². The average Bonchev–Trinajstić information content (AvgIpc) is 2.20. The van der Waals surface area contributed by atoms with E-state index in [4.69, 9.17) is 4.74 Å². The molecule has 1 aromatic carbocycles. The van der Waals surface area contributed by atoms with Crippen LogP contribution in [0.4, 0.5) is 5.69 Å². The first-order valence-corrected chi connectivity index (χ1v) is 5.02. The Labute approximate surface area is 85.6 Å². The van der Waals surface area contributed by atoms with Crippen molar-refractivity contribution >= 4 is 12.1 Å². The lowest BCUT2D eigenvalue weighted by Gasteiger charge is -2.05. The van der Waals surface area contributed by atoms with E-state index in [1.807, 2.05) is 6.92 Å². The fraction of sp³-hybridized carbons (Fsp3) is 0.417. The summed E-state index contributed by atoms with van der Waals surface area (Å²) in [5, 5.41) is 0. The quantitative estimate of drug-likeness (QED) is 0.528. The van der Waals surface area contributed by atoms with Crippen LogP contribution in [0.1, 0.15) is 25.0 Å². The maximum absolute atomic E-state index is 5.10. The summed E-state index contributed by atoms with van der Waals surface area (Å²) < 4.78 is 5.10. The molecule has 1 aromatic rings. The molecule has 0 bridgehead atoms. The van der Waals surface area contributed by atoms with E-state index in [1.165, 1.54) is 17.5 Å². The molecule has 0 fully saturated rings. The summed E-state index contributed by atoms with van der Waals surface area (Å²) in [5.41, 5.74) is 3.50. The van der Waals surface area contributed by atoms with Gasteiger partial charge in [-0.2, -0.15) is 0 Å². The molecule has 0 unspecified atom stereocenters. The normalized spacial score (nSPS) is 10.8. The third-order valence-corrected chi connectivity index (χ3v) is 2.13. The van der Waals surface area contributed by atoms with Crippen molar-refractivity contribution in [1.29, 1.82) is 0 Å². The number of aryl methyl sites for hydroxylation is 2. The highest BCUT2D eigenvalue weighted by Crippen LogP contribution is 2.23. The third-order valence-electron chi connectivity index (χ3n) is 2.13. The predicted molar refractivity (Wildman–Crippen MR) is 60.3 cm³/mol. The molecular weight excluding hydrogens is 174 g/mol. The molecule has 0 amide bonds. The molecule has 0 aliphatic heterocycles. The van der Waals surface area contributed by atoms with Crippen molar-refractivity contribution < 1.29 is 4.74 Å². The number of nitrogens with zero attached hydrogens (tertiary/aromatic N) is 1. The van der Waals surface area contributed by atoms with Crippen LogP contribution in [0, 0.1) is 6.92 Å². The van der Waals surface area contributed by atoms with Crippen molar-refractivity contribution in [2.24, 2.45) is 4.99 Å². The first-order chi connectivity index (χ1) is 6.79. The van der Waals surface area contributed by atoms with Crippen LogP contribution < -0.4 is 0 Å². The van der Waals surface area contributed by atoms with Crippen LogP contribution in [0.15, 0.2) is 23.2 Å².